The Morgan fingerprint density at radius 1 is 1.32 bits per heavy atom. The molecule has 0 amide bonds. The van der Waals surface area contributed by atoms with E-state index in [1.54, 1.807) is 12.5 Å². The van der Waals surface area contributed by atoms with E-state index in [4.69, 9.17) is 10.9 Å². The predicted molar refractivity (Wildman–Crippen MR) is 119 cm³/mol. The topological polar surface area (TPSA) is 96.4 Å². The van der Waals surface area contributed by atoms with Crippen LogP contribution >= 0.6 is 0 Å². The minimum atomic E-state index is -2.45. The molecular weight excluding hydrogens is 412 g/mol. The molecule has 2 fully saturated rings. The van der Waals surface area contributed by atoms with Gasteiger partial charge in [0.15, 0.2) is 5.54 Å². The minimum absolute atomic E-state index is 0.194. The summed E-state index contributed by atoms with van der Waals surface area (Å²) in [5.41, 5.74) is 1.96. The summed E-state index contributed by atoms with van der Waals surface area (Å²) in [5, 5.41) is 5.51. The van der Waals surface area contributed by atoms with Gasteiger partial charge in [0.25, 0.3) is 0 Å². The zero-order valence-corrected chi connectivity index (χ0v) is 18.4. The molecule has 0 radical (unpaired) electrons. The summed E-state index contributed by atoms with van der Waals surface area (Å²) < 4.78 is 21.8. The number of hydrogen-bond acceptors (Lipinski definition) is 5. The molecule has 1 saturated heterocycles. The fourth-order valence-electron chi connectivity index (χ4n) is 4.65. The summed E-state index contributed by atoms with van der Waals surface area (Å²) in [4.78, 5) is 15.4. The van der Waals surface area contributed by atoms with Crippen LogP contribution in [0.1, 0.15) is 32.1 Å². The predicted octanol–water partition coefficient (Wildman–Crippen LogP) is 3.10. The lowest BCUT2D eigenvalue weighted by Crippen LogP contribution is -2.65. The molecule has 0 spiro atoms. The lowest BCUT2D eigenvalue weighted by Gasteiger charge is -2.46. The molecule has 3 aromatic heterocycles. The van der Waals surface area contributed by atoms with Crippen LogP contribution in [0.2, 0.25) is 0 Å². The molecule has 0 unspecified atom stereocenters. The second-order valence-corrected chi connectivity index (χ2v) is 10.9. The molecule has 4 heterocycles. The molecule has 162 valence electrons. The second-order valence-electron chi connectivity index (χ2n) is 8.63. The third-order valence-electron chi connectivity index (χ3n) is 6.41. The summed E-state index contributed by atoms with van der Waals surface area (Å²) in [6.07, 6.45) is 14.5. The van der Waals surface area contributed by atoms with Gasteiger partial charge < -0.3 is 9.83 Å². The van der Waals surface area contributed by atoms with E-state index in [1.807, 2.05) is 27.4 Å². The van der Waals surface area contributed by atoms with Crippen molar-refractivity contribution in [3.05, 3.63) is 42.4 Å². The van der Waals surface area contributed by atoms with E-state index in [1.165, 1.54) is 25.6 Å². The lowest BCUT2D eigenvalue weighted by atomic mass is 9.92. The number of hydrogen-bond donors (Lipinski definition) is 1. The van der Waals surface area contributed by atoms with Crippen LogP contribution in [0.25, 0.3) is 27.1 Å². The van der Waals surface area contributed by atoms with Gasteiger partial charge in [0.05, 0.1) is 17.9 Å². The van der Waals surface area contributed by atoms with Crippen LogP contribution < -0.4 is 0 Å². The van der Waals surface area contributed by atoms with Crippen molar-refractivity contribution in [1.29, 1.82) is 0 Å². The quantitative estimate of drug-likeness (QED) is 0.619. The Bertz CT molecular complexity index is 1250. The highest BCUT2D eigenvalue weighted by atomic mass is 32.2. The van der Waals surface area contributed by atoms with Gasteiger partial charge in [-0.2, -0.15) is 5.10 Å². The van der Waals surface area contributed by atoms with E-state index in [9.17, 15) is 4.21 Å². The van der Waals surface area contributed by atoms with Crippen LogP contribution in [-0.4, -0.2) is 65.2 Å². The zero-order chi connectivity index (χ0) is 21.5. The Hall–Kier alpha value is -2.77. The van der Waals surface area contributed by atoms with E-state index in [0.717, 1.165) is 35.1 Å². The van der Waals surface area contributed by atoms with E-state index in [0.29, 0.717) is 13.1 Å². The fraction of sp³-hybridized carbons (Fsp3) is 0.524. The van der Waals surface area contributed by atoms with Crippen LogP contribution in [0.15, 0.2) is 35.3 Å². The highest BCUT2D eigenvalue weighted by molar-refractivity contribution is 7.90. The molecule has 1 atom stereocenters. The molecule has 2 aliphatic rings. The number of aromatic nitrogens is 5. The van der Waals surface area contributed by atoms with Gasteiger partial charge in [0.2, 0.25) is 6.54 Å². The molecular formula is C21H26N8OS. The maximum atomic E-state index is 13.3. The van der Waals surface area contributed by atoms with Crippen LogP contribution in [0.3, 0.4) is 0 Å². The van der Waals surface area contributed by atoms with Crippen molar-refractivity contribution in [2.75, 3.05) is 25.9 Å². The molecule has 5 rings (SSSR count). The summed E-state index contributed by atoms with van der Waals surface area (Å²) in [7, 11) is -2.45. The molecule has 1 N–H and O–H groups in total. The number of rotatable bonds is 5. The van der Waals surface area contributed by atoms with Crippen molar-refractivity contribution >= 4 is 20.9 Å². The number of aromatic amines is 1. The van der Waals surface area contributed by atoms with Crippen LogP contribution in [-0.2, 0) is 15.5 Å². The van der Waals surface area contributed by atoms with E-state index < -0.39 is 15.5 Å². The van der Waals surface area contributed by atoms with Crippen LogP contribution in [0.5, 0.6) is 0 Å². The average molecular weight is 439 g/mol. The second kappa shape index (κ2) is 7.73. The van der Waals surface area contributed by atoms with Crippen molar-refractivity contribution in [3.8, 4) is 11.3 Å². The fourth-order valence-corrected chi connectivity index (χ4v) is 6.51. The Labute approximate surface area is 182 Å². The van der Waals surface area contributed by atoms with Crippen LogP contribution in [0, 0.1) is 6.57 Å². The summed E-state index contributed by atoms with van der Waals surface area (Å²) in [5.74, 6) is 0. The van der Waals surface area contributed by atoms with E-state index in [2.05, 4.69) is 24.9 Å². The Morgan fingerprint density at radius 3 is 2.90 bits per heavy atom. The first-order valence-electron chi connectivity index (χ1n) is 10.6. The zero-order valence-electron chi connectivity index (χ0n) is 17.6. The number of nitrogens with zero attached hydrogens (tertiary/aromatic N) is 7. The molecule has 1 aliphatic carbocycles. The van der Waals surface area contributed by atoms with Gasteiger partial charge in [0.1, 0.15) is 21.9 Å². The molecule has 9 nitrogen and oxygen atoms in total. The Kier molecular flexibility index (Phi) is 5.02. The molecule has 31 heavy (non-hydrogen) atoms. The first-order chi connectivity index (χ1) is 15.0. The maximum Gasteiger partial charge on any atom is 0.242 e. The SMILES string of the molecule is [C-]#[N+]CC1(n2cc(-c3ncnc4[nH]ccc34)cn2)CN([S@@](C)(=O)=NC2CCCCC2)C1. The van der Waals surface area contributed by atoms with Gasteiger partial charge in [-0.05, 0) is 18.9 Å². The molecule has 1 saturated carbocycles. The molecule has 3 aromatic rings. The van der Waals surface area contributed by atoms with Gasteiger partial charge in [-0.25, -0.2) is 29.4 Å². The van der Waals surface area contributed by atoms with Gasteiger partial charge >= 0.3 is 0 Å². The van der Waals surface area contributed by atoms with Gasteiger partial charge in [0, 0.05) is 42.7 Å². The third kappa shape index (κ3) is 3.62. The number of H-pyrrole nitrogens is 1. The lowest BCUT2D eigenvalue weighted by molar-refractivity contribution is 0.0869. The first-order valence-corrected chi connectivity index (χ1v) is 12.5. The Balaban J connectivity index is 1.40. The molecule has 10 heteroatoms. The van der Waals surface area contributed by atoms with E-state index in [-0.39, 0.29) is 12.6 Å². The normalized spacial score (nSPS) is 21.3. The van der Waals surface area contributed by atoms with Crippen molar-refractivity contribution < 1.29 is 4.21 Å². The standard InChI is InChI=1S/C21H26N8OS/c1-22-12-21(13-28(14-21)31(2,30)27-17-6-4-3-5-7-17)29-11-16(10-26-29)19-18-8-9-23-20(18)25-15-24-19/h8-11,15,17H,3-7,12-14H2,2H3,(H,23,24,25)/t31-/m0/s1. The largest absolute Gasteiger partial charge is 0.346 e. The molecule has 1 aliphatic heterocycles. The minimum Gasteiger partial charge on any atom is -0.346 e. The van der Waals surface area contributed by atoms with Crippen molar-refractivity contribution in [1.82, 2.24) is 29.0 Å². The van der Waals surface area contributed by atoms with E-state index >= 15 is 0 Å². The summed E-state index contributed by atoms with van der Waals surface area (Å²) >= 11 is 0. The smallest absolute Gasteiger partial charge is 0.242 e. The van der Waals surface area contributed by atoms with Crippen molar-refractivity contribution in [2.24, 2.45) is 4.36 Å². The number of nitrogens with one attached hydrogen (secondary N) is 1. The summed E-state index contributed by atoms with van der Waals surface area (Å²) in [6, 6.07) is 2.14. The monoisotopic (exact) mass is 438 g/mol. The number of fused-ring (bicyclic) bond motifs is 1. The van der Waals surface area contributed by atoms with Crippen molar-refractivity contribution in [3.63, 3.8) is 0 Å². The molecule has 0 bridgehead atoms. The highest BCUT2D eigenvalue weighted by Crippen LogP contribution is 2.35. The average Bonchev–Trinajstić information content (AvgIpc) is 3.40. The third-order valence-corrected chi connectivity index (χ3v) is 8.31. The van der Waals surface area contributed by atoms with Crippen LogP contribution in [0.4, 0.5) is 0 Å². The van der Waals surface area contributed by atoms with Crippen molar-refractivity contribution in [2.45, 2.75) is 43.7 Å². The Morgan fingerprint density at radius 2 is 2.13 bits per heavy atom. The van der Waals surface area contributed by atoms with Gasteiger partial charge in [-0.15, -0.1) is 0 Å². The van der Waals surface area contributed by atoms with Gasteiger partial charge in [-0.3, -0.25) is 4.68 Å². The first kappa shape index (κ1) is 20.2. The summed E-state index contributed by atoms with van der Waals surface area (Å²) in [6.45, 7) is 8.77. The van der Waals surface area contributed by atoms with Gasteiger partial charge in [-0.1, -0.05) is 19.3 Å². The molecule has 0 aromatic carbocycles. The maximum absolute atomic E-state index is 13.3. The highest BCUT2D eigenvalue weighted by Gasteiger charge is 2.51.